The molecule has 1 aliphatic carbocycles. The third-order valence-corrected chi connectivity index (χ3v) is 5.70. The van der Waals surface area contributed by atoms with Gasteiger partial charge in [-0.3, -0.25) is 4.99 Å². The van der Waals surface area contributed by atoms with E-state index in [1.165, 1.54) is 11.1 Å². The van der Waals surface area contributed by atoms with Crippen LogP contribution in [0.1, 0.15) is 24.5 Å². The van der Waals surface area contributed by atoms with Gasteiger partial charge in [0.25, 0.3) is 0 Å². The van der Waals surface area contributed by atoms with Gasteiger partial charge in [-0.15, -0.1) is 11.3 Å². The Hall–Kier alpha value is -2.86. The number of aryl methyl sites for hydroxylation is 1. The van der Waals surface area contributed by atoms with Crippen LogP contribution >= 0.6 is 11.3 Å². The number of hydrogen-bond acceptors (Lipinski definition) is 5. The van der Waals surface area contributed by atoms with Crippen molar-refractivity contribution in [1.29, 1.82) is 0 Å². The highest BCUT2D eigenvalue weighted by Crippen LogP contribution is 2.34. The lowest BCUT2D eigenvalue weighted by Gasteiger charge is -2.11. The average molecular weight is 394 g/mol. The van der Waals surface area contributed by atoms with Gasteiger partial charge in [0.15, 0.2) is 0 Å². The largest absolute Gasteiger partial charge is 0.497 e. The lowest BCUT2D eigenvalue weighted by molar-refractivity contribution is 0.395. The number of fused-ring (bicyclic) bond motifs is 1. The quantitative estimate of drug-likeness (QED) is 0.647. The summed E-state index contributed by atoms with van der Waals surface area (Å²) in [5.74, 6) is 1.51. The molecule has 3 aromatic rings. The van der Waals surface area contributed by atoms with Crippen LogP contribution in [0, 0.1) is 0 Å². The maximum Gasteiger partial charge on any atom is 0.206 e. The minimum atomic E-state index is 0.709. The summed E-state index contributed by atoms with van der Waals surface area (Å²) in [6, 6.07) is 14.3. The second kappa shape index (κ2) is 8.02. The highest BCUT2D eigenvalue weighted by Gasteiger charge is 2.19. The Morgan fingerprint density at radius 1 is 1.04 bits per heavy atom. The summed E-state index contributed by atoms with van der Waals surface area (Å²) in [6.45, 7) is 2.75. The third kappa shape index (κ3) is 3.36. The van der Waals surface area contributed by atoms with Gasteiger partial charge in [-0.1, -0.05) is 24.3 Å². The van der Waals surface area contributed by atoms with Crippen LogP contribution in [0.3, 0.4) is 0 Å². The van der Waals surface area contributed by atoms with Crippen LogP contribution in [-0.2, 0) is 6.42 Å². The molecule has 0 N–H and O–H groups in total. The van der Waals surface area contributed by atoms with Crippen molar-refractivity contribution >= 4 is 17.0 Å². The maximum atomic E-state index is 5.62. The van der Waals surface area contributed by atoms with Gasteiger partial charge in [0.2, 0.25) is 4.80 Å². The molecule has 2 aromatic carbocycles. The Bertz CT molecular complexity index is 1100. The van der Waals surface area contributed by atoms with Gasteiger partial charge in [0.1, 0.15) is 11.5 Å². The summed E-state index contributed by atoms with van der Waals surface area (Å²) < 4.78 is 12.9. The topological polar surface area (TPSA) is 48.1 Å². The maximum absolute atomic E-state index is 5.62. The Labute approximate surface area is 168 Å². The van der Waals surface area contributed by atoms with Crippen molar-refractivity contribution in [3.8, 4) is 22.8 Å². The number of thiazole rings is 1. The minimum Gasteiger partial charge on any atom is -0.497 e. The van der Waals surface area contributed by atoms with Crippen LogP contribution < -0.4 is 14.3 Å². The molecule has 144 valence electrons. The predicted octanol–water partition coefficient (Wildman–Crippen LogP) is 4.35. The molecule has 0 unspecified atom stereocenters. The number of hydrogen-bond donors (Lipinski definition) is 0. The number of rotatable bonds is 5. The first-order chi connectivity index (χ1) is 13.7. The molecule has 28 heavy (non-hydrogen) atoms. The van der Waals surface area contributed by atoms with E-state index in [2.05, 4.69) is 34.6 Å². The number of aromatic nitrogens is 1. The van der Waals surface area contributed by atoms with Gasteiger partial charge < -0.3 is 9.47 Å². The fourth-order valence-corrected chi connectivity index (χ4v) is 4.35. The Morgan fingerprint density at radius 3 is 2.68 bits per heavy atom. The van der Waals surface area contributed by atoms with E-state index in [9.17, 15) is 0 Å². The van der Waals surface area contributed by atoms with E-state index in [0.29, 0.717) is 6.54 Å². The van der Waals surface area contributed by atoms with Crippen LogP contribution in [0.15, 0.2) is 57.9 Å². The van der Waals surface area contributed by atoms with Crippen LogP contribution in [0.25, 0.3) is 11.3 Å². The van der Waals surface area contributed by atoms with Crippen LogP contribution in [-0.4, -0.2) is 31.2 Å². The van der Waals surface area contributed by atoms with Gasteiger partial charge >= 0.3 is 0 Å². The predicted molar refractivity (Wildman–Crippen MR) is 114 cm³/mol. The van der Waals surface area contributed by atoms with E-state index >= 15 is 0 Å². The van der Waals surface area contributed by atoms with E-state index in [-0.39, 0.29) is 0 Å². The monoisotopic (exact) mass is 393 g/mol. The molecular weight excluding hydrogens is 370 g/mol. The molecular formula is C22H23N3O2S. The van der Waals surface area contributed by atoms with Crippen molar-refractivity contribution in [3.05, 3.63) is 63.8 Å². The van der Waals surface area contributed by atoms with Gasteiger partial charge in [0, 0.05) is 29.1 Å². The first kappa shape index (κ1) is 18.5. The van der Waals surface area contributed by atoms with Crippen molar-refractivity contribution in [2.45, 2.75) is 19.8 Å². The minimum absolute atomic E-state index is 0.709. The summed E-state index contributed by atoms with van der Waals surface area (Å²) in [5, 5.41) is 7.12. The molecule has 0 saturated heterocycles. The molecule has 0 aliphatic heterocycles. The molecule has 6 heteroatoms. The van der Waals surface area contributed by atoms with Gasteiger partial charge in [0.05, 0.1) is 25.6 Å². The smallest absolute Gasteiger partial charge is 0.206 e. The lowest BCUT2D eigenvalue weighted by atomic mass is 10.1. The number of ether oxygens (including phenoxy) is 2. The molecule has 0 radical (unpaired) electrons. The molecule has 0 atom stereocenters. The average Bonchev–Trinajstić information content (AvgIpc) is 3.33. The van der Waals surface area contributed by atoms with Crippen molar-refractivity contribution in [2.24, 2.45) is 10.1 Å². The Balaban J connectivity index is 1.89. The normalized spacial score (nSPS) is 15.1. The Kier molecular flexibility index (Phi) is 5.30. The Morgan fingerprint density at radius 2 is 1.89 bits per heavy atom. The molecule has 0 saturated carbocycles. The highest BCUT2D eigenvalue weighted by atomic mass is 32.1. The van der Waals surface area contributed by atoms with E-state index in [0.717, 1.165) is 46.1 Å². The van der Waals surface area contributed by atoms with E-state index in [1.807, 2.05) is 29.8 Å². The molecule has 1 aliphatic rings. The fraction of sp³-hybridized carbons (Fsp3) is 0.273. The van der Waals surface area contributed by atoms with Gasteiger partial charge in [-0.25, -0.2) is 4.68 Å². The molecule has 1 aromatic heterocycles. The van der Waals surface area contributed by atoms with E-state index in [1.54, 1.807) is 25.6 Å². The summed E-state index contributed by atoms with van der Waals surface area (Å²) >= 11 is 1.59. The zero-order chi connectivity index (χ0) is 19.5. The van der Waals surface area contributed by atoms with Crippen molar-refractivity contribution in [3.63, 3.8) is 0 Å². The van der Waals surface area contributed by atoms with Crippen LogP contribution in [0.2, 0.25) is 0 Å². The second-order valence-corrected chi connectivity index (χ2v) is 7.30. The summed E-state index contributed by atoms with van der Waals surface area (Å²) in [6.07, 6.45) is 1.97. The van der Waals surface area contributed by atoms with Crippen molar-refractivity contribution in [2.75, 3.05) is 20.8 Å². The number of benzene rings is 2. The molecule has 4 rings (SSSR count). The first-order valence-electron chi connectivity index (χ1n) is 9.34. The first-order valence-corrected chi connectivity index (χ1v) is 10.2. The molecule has 5 nitrogen and oxygen atoms in total. The molecule has 0 amide bonds. The van der Waals surface area contributed by atoms with Crippen LogP contribution in [0.5, 0.6) is 11.5 Å². The number of nitrogens with zero attached hydrogens (tertiary/aromatic N) is 3. The van der Waals surface area contributed by atoms with E-state index in [4.69, 9.17) is 14.6 Å². The van der Waals surface area contributed by atoms with Crippen LogP contribution in [0.4, 0.5) is 0 Å². The second-order valence-electron chi connectivity index (χ2n) is 6.46. The standard InChI is InChI=1S/C22H23N3O2S/c1-4-23-22-25(24-19-12-9-15-7-5-6-8-17(15)19)20(14-28-22)18-11-10-16(26-2)13-21(18)27-3/h5-8,10-11,13-14H,4,9,12H2,1-3H3. The zero-order valence-corrected chi connectivity index (χ0v) is 17.1. The summed E-state index contributed by atoms with van der Waals surface area (Å²) in [5.41, 5.74) is 5.62. The van der Waals surface area contributed by atoms with Crippen molar-refractivity contribution in [1.82, 2.24) is 4.68 Å². The molecule has 0 fully saturated rings. The zero-order valence-electron chi connectivity index (χ0n) is 16.3. The molecule has 0 spiro atoms. The third-order valence-electron chi connectivity index (χ3n) is 4.84. The van der Waals surface area contributed by atoms with Gasteiger partial charge in [-0.05, 0) is 37.5 Å². The summed E-state index contributed by atoms with van der Waals surface area (Å²) in [7, 11) is 3.33. The number of methoxy groups -OCH3 is 2. The fourth-order valence-electron chi connectivity index (χ4n) is 3.47. The lowest BCUT2D eigenvalue weighted by Crippen LogP contribution is -2.14. The summed E-state index contributed by atoms with van der Waals surface area (Å²) in [4.78, 5) is 5.53. The van der Waals surface area contributed by atoms with Gasteiger partial charge in [-0.2, -0.15) is 5.10 Å². The highest BCUT2D eigenvalue weighted by molar-refractivity contribution is 7.07. The van der Waals surface area contributed by atoms with E-state index < -0.39 is 0 Å². The SMILES string of the molecule is CCN=c1scc(-c2ccc(OC)cc2OC)n1N=C1CCc2ccccc21. The van der Waals surface area contributed by atoms with Crippen molar-refractivity contribution < 1.29 is 9.47 Å². The molecule has 1 heterocycles. The molecule has 0 bridgehead atoms.